The molecule has 0 atom stereocenters. The zero-order valence-electron chi connectivity index (χ0n) is 8.78. The number of hydrogen-bond acceptors (Lipinski definition) is 2. The van der Waals surface area contributed by atoms with Gasteiger partial charge in [0.25, 0.3) is 0 Å². The van der Waals surface area contributed by atoms with Crippen LogP contribution in [0.4, 0.5) is 0 Å². The lowest BCUT2D eigenvalue weighted by Gasteiger charge is -2.06. The molecule has 0 saturated heterocycles. The minimum Gasteiger partial charge on any atom is -0.494 e. The number of hydrogen-bond donors (Lipinski definition) is 1. The summed E-state index contributed by atoms with van der Waals surface area (Å²) >= 11 is 5.79. The van der Waals surface area contributed by atoms with Crippen molar-refractivity contribution in [3.63, 3.8) is 0 Å². The summed E-state index contributed by atoms with van der Waals surface area (Å²) in [5.74, 6) is -0.456. The molecule has 1 aromatic rings. The lowest BCUT2D eigenvalue weighted by atomic mass is 10.2. The summed E-state index contributed by atoms with van der Waals surface area (Å²) in [6, 6.07) is 4.55. The van der Waals surface area contributed by atoms with E-state index in [9.17, 15) is 4.79 Å². The van der Waals surface area contributed by atoms with Crippen LogP contribution in [-0.4, -0.2) is 17.7 Å². The van der Waals surface area contributed by atoms with Gasteiger partial charge in [-0.25, -0.2) is 4.79 Å². The molecule has 1 aromatic carbocycles. The Morgan fingerprint density at radius 1 is 1.56 bits per heavy atom. The van der Waals surface area contributed by atoms with Gasteiger partial charge >= 0.3 is 5.97 Å². The van der Waals surface area contributed by atoms with E-state index in [1.807, 2.05) is 6.08 Å². The van der Waals surface area contributed by atoms with Crippen molar-refractivity contribution in [2.75, 3.05) is 6.61 Å². The van der Waals surface area contributed by atoms with Gasteiger partial charge in [-0.1, -0.05) is 17.7 Å². The van der Waals surface area contributed by atoms with Crippen molar-refractivity contribution < 1.29 is 14.6 Å². The molecule has 86 valence electrons. The number of unbranched alkanes of at least 4 members (excludes halogenated alkanes) is 1. The summed E-state index contributed by atoms with van der Waals surface area (Å²) in [7, 11) is 0. The molecule has 1 rings (SSSR count). The number of allylic oxidation sites excluding steroid dienone is 1. The van der Waals surface area contributed by atoms with Gasteiger partial charge in [0, 0.05) is 0 Å². The number of carboxylic acid groups (broad SMARTS) is 1. The minimum atomic E-state index is -1.04. The minimum absolute atomic E-state index is 0.0834. The Hall–Kier alpha value is -1.48. The molecule has 0 aliphatic rings. The van der Waals surface area contributed by atoms with Crippen LogP contribution in [0, 0.1) is 0 Å². The van der Waals surface area contributed by atoms with E-state index in [0.717, 1.165) is 12.8 Å². The van der Waals surface area contributed by atoms with E-state index in [1.165, 1.54) is 12.1 Å². The zero-order valence-corrected chi connectivity index (χ0v) is 9.54. The summed E-state index contributed by atoms with van der Waals surface area (Å²) in [4.78, 5) is 10.7. The molecular formula is C12H13ClO3. The normalized spacial score (nSPS) is 9.81. The van der Waals surface area contributed by atoms with Crippen LogP contribution in [0.1, 0.15) is 23.2 Å². The van der Waals surface area contributed by atoms with Crippen molar-refractivity contribution in [2.24, 2.45) is 0 Å². The van der Waals surface area contributed by atoms with E-state index in [0.29, 0.717) is 12.4 Å². The summed E-state index contributed by atoms with van der Waals surface area (Å²) in [6.07, 6.45) is 3.59. The number of halogens is 1. The predicted molar refractivity (Wildman–Crippen MR) is 63.3 cm³/mol. The third-order valence-corrected chi connectivity index (χ3v) is 2.30. The number of ether oxygens (including phenoxy) is 1. The van der Waals surface area contributed by atoms with Crippen molar-refractivity contribution in [3.8, 4) is 5.75 Å². The highest BCUT2D eigenvalue weighted by atomic mass is 35.5. The Balaban J connectivity index is 2.59. The van der Waals surface area contributed by atoms with Crippen molar-refractivity contribution >= 4 is 17.6 Å². The highest BCUT2D eigenvalue weighted by molar-refractivity contribution is 6.33. The Morgan fingerprint density at radius 2 is 2.31 bits per heavy atom. The smallest absolute Gasteiger partial charge is 0.337 e. The van der Waals surface area contributed by atoms with E-state index < -0.39 is 5.97 Å². The molecule has 3 nitrogen and oxygen atoms in total. The zero-order chi connectivity index (χ0) is 12.0. The van der Waals surface area contributed by atoms with Crippen LogP contribution in [0.15, 0.2) is 30.9 Å². The molecule has 0 radical (unpaired) electrons. The lowest BCUT2D eigenvalue weighted by molar-refractivity contribution is 0.0697. The molecule has 0 saturated carbocycles. The van der Waals surface area contributed by atoms with Crippen molar-refractivity contribution in [2.45, 2.75) is 12.8 Å². The maximum Gasteiger partial charge on any atom is 0.337 e. The summed E-state index contributed by atoms with van der Waals surface area (Å²) in [6.45, 7) is 4.17. The van der Waals surface area contributed by atoms with Crippen LogP contribution < -0.4 is 4.74 Å². The van der Waals surface area contributed by atoms with Gasteiger partial charge in [0.2, 0.25) is 0 Å². The monoisotopic (exact) mass is 240 g/mol. The molecule has 4 heteroatoms. The molecule has 0 unspecified atom stereocenters. The molecule has 16 heavy (non-hydrogen) atoms. The van der Waals surface area contributed by atoms with Crippen molar-refractivity contribution in [1.82, 2.24) is 0 Å². The molecular weight excluding hydrogens is 228 g/mol. The van der Waals surface area contributed by atoms with Crippen LogP contribution in [0.2, 0.25) is 5.02 Å². The number of carboxylic acids is 1. The Kier molecular flexibility index (Phi) is 4.86. The molecule has 0 heterocycles. The standard InChI is InChI=1S/C12H13ClO3/c1-2-3-4-7-16-9-5-6-10(12(14)15)11(13)8-9/h2,5-6,8H,1,3-4,7H2,(H,14,15). The lowest BCUT2D eigenvalue weighted by Crippen LogP contribution is -2.00. The number of aromatic carboxylic acids is 1. The highest BCUT2D eigenvalue weighted by Crippen LogP contribution is 2.22. The first-order chi connectivity index (χ1) is 7.65. The van der Waals surface area contributed by atoms with Gasteiger partial charge in [-0.05, 0) is 31.0 Å². The maximum atomic E-state index is 10.7. The van der Waals surface area contributed by atoms with Gasteiger partial charge in [-0.2, -0.15) is 0 Å². The fraction of sp³-hybridized carbons (Fsp3) is 0.250. The first-order valence-corrected chi connectivity index (χ1v) is 5.29. The van der Waals surface area contributed by atoms with Gasteiger partial charge in [0.05, 0.1) is 17.2 Å². The second kappa shape index (κ2) is 6.18. The van der Waals surface area contributed by atoms with E-state index in [1.54, 1.807) is 6.07 Å². The first kappa shape index (κ1) is 12.6. The van der Waals surface area contributed by atoms with Crippen LogP contribution in [-0.2, 0) is 0 Å². The Morgan fingerprint density at radius 3 is 2.88 bits per heavy atom. The van der Waals surface area contributed by atoms with Crippen LogP contribution in [0.3, 0.4) is 0 Å². The third kappa shape index (κ3) is 3.59. The summed E-state index contributed by atoms with van der Waals surface area (Å²) in [5, 5.41) is 8.95. The number of carbonyl (C=O) groups is 1. The fourth-order valence-electron chi connectivity index (χ4n) is 1.18. The van der Waals surface area contributed by atoms with Crippen LogP contribution >= 0.6 is 11.6 Å². The van der Waals surface area contributed by atoms with Gasteiger partial charge in [-0.15, -0.1) is 6.58 Å². The van der Waals surface area contributed by atoms with Crippen LogP contribution in [0.25, 0.3) is 0 Å². The van der Waals surface area contributed by atoms with E-state index in [2.05, 4.69) is 6.58 Å². The molecule has 0 amide bonds. The predicted octanol–water partition coefficient (Wildman–Crippen LogP) is 3.38. The fourth-order valence-corrected chi connectivity index (χ4v) is 1.43. The van der Waals surface area contributed by atoms with Crippen LogP contribution in [0.5, 0.6) is 5.75 Å². The molecule has 0 aliphatic heterocycles. The molecule has 1 N–H and O–H groups in total. The van der Waals surface area contributed by atoms with Gasteiger partial charge in [-0.3, -0.25) is 0 Å². The first-order valence-electron chi connectivity index (χ1n) is 4.91. The van der Waals surface area contributed by atoms with Gasteiger partial charge in [0.1, 0.15) is 5.75 Å². The van der Waals surface area contributed by atoms with E-state index >= 15 is 0 Å². The summed E-state index contributed by atoms with van der Waals surface area (Å²) in [5.41, 5.74) is 0.0834. The quantitative estimate of drug-likeness (QED) is 0.613. The SMILES string of the molecule is C=CCCCOc1ccc(C(=O)O)c(Cl)c1. The van der Waals surface area contributed by atoms with Gasteiger partial charge in [0.15, 0.2) is 0 Å². The average molecular weight is 241 g/mol. The summed E-state index contributed by atoms with van der Waals surface area (Å²) < 4.78 is 5.40. The second-order valence-corrected chi connectivity index (χ2v) is 3.63. The van der Waals surface area contributed by atoms with Gasteiger partial charge < -0.3 is 9.84 Å². The molecule has 0 spiro atoms. The molecule has 0 bridgehead atoms. The molecule has 0 aliphatic carbocycles. The number of benzene rings is 1. The topological polar surface area (TPSA) is 46.5 Å². The van der Waals surface area contributed by atoms with E-state index in [-0.39, 0.29) is 10.6 Å². The Labute approximate surface area is 99.3 Å². The van der Waals surface area contributed by atoms with Crippen molar-refractivity contribution in [1.29, 1.82) is 0 Å². The molecule has 0 aromatic heterocycles. The van der Waals surface area contributed by atoms with Crippen molar-refractivity contribution in [3.05, 3.63) is 41.4 Å². The Bertz CT molecular complexity index is 388. The largest absolute Gasteiger partial charge is 0.494 e. The highest BCUT2D eigenvalue weighted by Gasteiger charge is 2.08. The maximum absolute atomic E-state index is 10.7. The van der Waals surface area contributed by atoms with E-state index in [4.69, 9.17) is 21.4 Å². The number of rotatable bonds is 6. The third-order valence-electron chi connectivity index (χ3n) is 1.99. The second-order valence-electron chi connectivity index (χ2n) is 3.23. The molecule has 0 fully saturated rings. The average Bonchev–Trinajstić information content (AvgIpc) is 2.24.